The molecule has 1 saturated heterocycles. The molecule has 0 aliphatic carbocycles. The third kappa shape index (κ3) is 7.12. The summed E-state index contributed by atoms with van der Waals surface area (Å²) in [5, 5.41) is 0. The molecule has 3 aromatic rings. The number of aromatic nitrogens is 2. The van der Waals surface area contributed by atoms with Crippen LogP contribution in [-0.4, -0.2) is 70.8 Å². The summed E-state index contributed by atoms with van der Waals surface area (Å²) in [6.45, 7) is 3.46. The van der Waals surface area contributed by atoms with E-state index in [0.29, 0.717) is 35.8 Å². The van der Waals surface area contributed by atoms with Gasteiger partial charge in [-0.3, -0.25) is 9.69 Å². The van der Waals surface area contributed by atoms with Gasteiger partial charge in [-0.25, -0.2) is 9.97 Å². The van der Waals surface area contributed by atoms with Crippen molar-refractivity contribution < 1.29 is 31.1 Å². The average molecular weight is 552 g/mol. The van der Waals surface area contributed by atoms with E-state index >= 15 is 0 Å². The Kier molecular flexibility index (Phi) is 8.26. The van der Waals surface area contributed by atoms with Crippen LogP contribution in [0.2, 0.25) is 0 Å². The summed E-state index contributed by atoms with van der Waals surface area (Å²) < 4.78 is 79.8. The van der Waals surface area contributed by atoms with Gasteiger partial charge in [-0.05, 0) is 30.8 Å². The van der Waals surface area contributed by atoms with E-state index in [1.165, 1.54) is 13.2 Å². The highest BCUT2D eigenvalue weighted by atomic mass is 19.4. The molecular formula is C27H27F6N5O. The fourth-order valence-corrected chi connectivity index (χ4v) is 4.34. The van der Waals surface area contributed by atoms with Gasteiger partial charge >= 0.3 is 12.4 Å². The Bertz CT molecular complexity index is 1270. The molecule has 2 aromatic carbocycles. The Morgan fingerprint density at radius 1 is 0.923 bits per heavy atom. The maximum absolute atomic E-state index is 13.4. The SMILES string of the molecule is CN1CCN(Cc2ncc(C(=O)N(C)Cc3cc(C(F)(F)F)cc(C(F)(F)F)c3)c(-c3ccccc3)n2)CC1. The molecule has 12 heteroatoms. The lowest BCUT2D eigenvalue weighted by atomic mass is 10.0. The van der Waals surface area contributed by atoms with Gasteiger partial charge in [0, 0.05) is 51.5 Å². The van der Waals surface area contributed by atoms with Gasteiger partial charge in [-0.15, -0.1) is 0 Å². The number of hydrogen-bond donors (Lipinski definition) is 0. The van der Waals surface area contributed by atoms with Gasteiger partial charge in [0.25, 0.3) is 5.91 Å². The lowest BCUT2D eigenvalue weighted by Gasteiger charge is -2.31. The van der Waals surface area contributed by atoms with Gasteiger partial charge in [0.1, 0.15) is 5.82 Å². The van der Waals surface area contributed by atoms with Crippen molar-refractivity contribution in [2.45, 2.75) is 25.4 Å². The molecule has 1 fully saturated rings. The standard InChI is InChI=1S/C27H27F6N5O/c1-36-8-10-38(11-9-36)17-23-34-15-22(24(35-23)19-6-4-3-5-7-19)25(39)37(2)16-18-12-20(26(28,29)30)14-21(13-18)27(31,32)33/h3-7,12-15H,8-11,16-17H2,1-2H3. The highest BCUT2D eigenvalue weighted by Crippen LogP contribution is 2.36. The van der Waals surface area contributed by atoms with Crippen LogP contribution in [0, 0.1) is 0 Å². The second kappa shape index (κ2) is 11.3. The molecule has 2 heterocycles. The average Bonchev–Trinajstić information content (AvgIpc) is 2.89. The van der Waals surface area contributed by atoms with Gasteiger partial charge in [-0.1, -0.05) is 30.3 Å². The first kappa shape index (κ1) is 28.5. The maximum atomic E-state index is 13.4. The van der Waals surface area contributed by atoms with E-state index in [0.717, 1.165) is 31.1 Å². The molecule has 4 rings (SSSR count). The zero-order valence-electron chi connectivity index (χ0n) is 21.4. The first-order chi connectivity index (χ1) is 18.3. The minimum Gasteiger partial charge on any atom is -0.337 e. The molecule has 1 aliphatic heterocycles. The van der Waals surface area contributed by atoms with Crippen LogP contribution in [0.3, 0.4) is 0 Å². The normalized spacial score (nSPS) is 15.4. The van der Waals surface area contributed by atoms with Crippen molar-refractivity contribution in [2.75, 3.05) is 40.3 Å². The quantitative estimate of drug-likeness (QED) is 0.395. The van der Waals surface area contributed by atoms with Crippen molar-refractivity contribution in [3.8, 4) is 11.3 Å². The lowest BCUT2D eigenvalue weighted by Crippen LogP contribution is -2.44. The number of likely N-dealkylation sites (N-methyl/N-ethyl adjacent to an activating group) is 1. The molecule has 0 atom stereocenters. The number of nitrogens with zero attached hydrogens (tertiary/aromatic N) is 5. The van der Waals surface area contributed by atoms with E-state index in [-0.39, 0.29) is 17.2 Å². The third-order valence-electron chi connectivity index (χ3n) is 6.49. The molecule has 1 amide bonds. The highest BCUT2D eigenvalue weighted by molar-refractivity contribution is 5.99. The zero-order chi connectivity index (χ0) is 28.4. The number of piperazine rings is 1. The molecule has 39 heavy (non-hydrogen) atoms. The van der Waals surface area contributed by atoms with Gasteiger partial charge in [0.2, 0.25) is 0 Å². The van der Waals surface area contributed by atoms with Crippen LogP contribution in [0.1, 0.15) is 32.9 Å². The van der Waals surface area contributed by atoms with E-state index in [4.69, 9.17) is 0 Å². The van der Waals surface area contributed by atoms with Crippen LogP contribution >= 0.6 is 0 Å². The van der Waals surface area contributed by atoms with Gasteiger partial charge in [0.15, 0.2) is 0 Å². The van der Waals surface area contributed by atoms with E-state index < -0.39 is 35.9 Å². The molecule has 208 valence electrons. The number of halogens is 6. The summed E-state index contributed by atoms with van der Waals surface area (Å²) in [5.74, 6) is -0.128. The maximum Gasteiger partial charge on any atom is 0.416 e. The van der Waals surface area contributed by atoms with E-state index in [1.807, 2.05) is 7.05 Å². The minimum atomic E-state index is -4.98. The number of benzene rings is 2. The summed E-state index contributed by atoms with van der Waals surface area (Å²) in [4.78, 5) is 27.9. The minimum absolute atomic E-state index is 0.0613. The fraction of sp³-hybridized carbons (Fsp3) is 0.370. The van der Waals surface area contributed by atoms with E-state index in [9.17, 15) is 31.1 Å². The molecule has 1 aliphatic rings. The number of carbonyl (C=O) groups is 1. The summed E-state index contributed by atoms with van der Waals surface area (Å²) in [5.41, 5.74) is -2.11. The smallest absolute Gasteiger partial charge is 0.337 e. The number of rotatable bonds is 6. The predicted octanol–water partition coefficient (Wildman–Crippen LogP) is 5.20. The molecule has 0 unspecified atom stereocenters. The summed E-state index contributed by atoms with van der Waals surface area (Å²) >= 11 is 0. The Balaban J connectivity index is 1.63. The molecule has 0 radical (unpaired) electrons. The molecule has 0 bridgehead atoms. The Labute approximate surface area is 221 Å². The van der Waals surface area contributed by atoms with Gasteiger partial charge in [0.05, 0.1) is 28.9 Å². The van der Waals surface area contributed by atoms with Crippen LogP contribution in [0.15, 0.2) is 54.7 Å². The Morgan fingerprint density at radius 2 is 1.51 bits per heavy atom. The number of carbonyl (C=O) groups excluding carboxylic acids is 1. The molecule has 1 aromatic heterocycles. The van der Waals surface area contributed by atoms with Crippen molar-refractivity contribution in [2.24, 2.45) is 0 Å². The lowest BCUT2D eigenvalue weighted by molar-refractivity contribution is -0.143. The second-order valence-electron chi connectivity index (χ2n) is 9.57. The second-order valence-corrected chi connectivity index (χ2v) is 9.57. The third-order valence-corrected chi connectivity index (χ3v) is 6.49. The van der Waals surface area contributed by atoms with Gasteiger partial charge < -0.3 is 9.80 Å². The van der Waals surface area contributed by atoms with E-state index in [2.05, 4.69) is 19.8 Å². The Morgan fingerprint density at radius 3 is 2.08 bits per heavy atom. The zero-order valence-corrected chi connectivity index (χ0v) is 21.4. The highest BCUT2D eigenvalue weighted by Gasteiger charge is 2.37. The monoisotopic (exact) mass is 551 g/mol. The first-order valence-electron chi connectivity index (χ1n) is 12.2. The van der Waals surface area contributed by atoms with Crippen molar-refractivity contribution in [3.63, 3.8) is 0 Å². The van der Waals surface area contributed by atoms with Crippen molar-refractivity contribution in [1.82, 2.24) is 24.7 Å². The van der Waals surface area contributed by atoms with Gasteiger partial charge in [-0.2, -0.15) is 26.3 Å². The topological polar surface area (TPSA) is 52.6 Å². The van der Waals surface area contributed by atoms with Crippen LogP contribution < -0.4 is 0 Å². The molecular weight excluding hydrogens is 524 g/mol. The summed E-state index contributed by atoms with van der Waals surface area (Å²) in [6.07, 6.45) is -8.59. The number of amides is 1. The van der Waals surface area contributed by atoms with E-state index in [1.54, 1.807) is 30.3 Å². The summed E-state index contributed by atoms with van der Waals surface area (Å²) in [6, 6.07) is 10.2. The van der Waals surface area contributed by atoms with Crippen molar-refractivity contribution in [3.05, 3.63) is 82.8 Å². The summed E-state index contributed by atoms with van der Waals surface area (Å²) in [7, 11) is 3.35. The van der Waals surface area contributed by atoms with Crippen molar-refractivity contribution >= 4 is 5.91 Å². The first-order valence-corrected chi connectivity index (χ1v) is 12.2. The largest absolute Gasteiger partial charge is 0.416 e. The molecule has 0 saturated carbocycles. The molecule has 6 nitrogen and oxygen atoms in total. The van der Waals surface area contributed by atoms with Crippen LogP contribution in [0.25, 0.3) is 11.3 Å². The van der Waals surface area contributed by atoms with Crippen LogP contribution in [-0.2, 0) is 25.4 Å². The predicted molar refractivity (Wildman–Crippen MR) is 132 cm³/mol. The van der Waals surface area contributed by atoms with Crippen LogP contribution in [0.5, 0.6) is 0 Å². The number of hydrogen-bond acceptors (Lipinski definition) is 5. The molecule has 0 N–H and O–H groups in total. The molecule has 0 spiro atoms. The Hall–Kier alpha value is -3.51. The fourth-order valence-electron chi connectivity index (χ4n) is 4.34. The van der Waals surface area contributed by atoms with Crippen molar-refractivity contribution in [1.29, 1.82) is 0 Å². The number of alkyl halides is 6. The van der Waals surface area contributed by atoms with Crippen LogP contribution in [0.4, 0.5) is 26.3 Å².